The molecule has 0 aliphatic heterocycles. The van der Waals surface area contributed by atoms with Crippen LogP contribution in [0.1, 0.15) is 30.3 Å². The third-order valence-corrected chi connectivity index (χ3v) is 4.32. The number of carbonyl (C=O) groups is 1. The molecule has 0 bridgehead atoms. The fourth-order valence-electron chi connectivity index (χ4n) is 2.68. The first-order chi connectivity index (χ1) is 10.9. The third kappa shape index (κ3) is 4.42. The molecule has 1 aromatic heterocycles. The van der Waals surface area contributed by atoms with Crippen molar-refractivity contribution in [2.24, 2.45) is 0 Å². The Kier molecular flexibility index (Phi) is 5.96. The number of nitrogens with zero attached hydrogens (tertiary/aromatic N) is 3. The third-order valence-electron chi connectivity index (χ3n) is 3.79. The van der Waals surface area contributed by atoms with Crippen molar-refractivity contribution in [3.05, 3.63) is 45.7 Å². The van der Waals surface area contributed by atoms with Crippen molar-refractivity contribution < 1.29 is 9.90 Å². The molecule has 5 nitrogen and oxygen atoms in total. The lowest BCUT2D eigenvalue weighted by Gasteiger charge is -2.19. The summed E-state index contributed by atoms with van der Waals surface area (Å²) in [6.45, 7) is 7.48. The molecule has 2 rings (SSSR count). The van der Waals surface area contributed by atoms with Crippen molar-refractivity contribution in [3.63, 3.8) is 0 Å². The minimum absolute atomic E-state index is 0.0518. The minimum atomic E-state index is -0.797. The van der Waals surface area contributed by atoms with Gasteiger partial charge in [0.2, 0.25) is 0 Å². The van der Waals surface area contributed by atoms with Gasteiger partial charge in [-0.3, -0.25) is 9.69 Å². The maximum absolute atomic E-state index is 11.0. The van der Waals surface area contributed by atoms with E-state index in [1.807, 2.05) is 47.7 Å². The highest BCUT2D eigenvalue weighted by Gasteiger charge is 2.17. The lowest BCUT2D eigenvalue weighted by molar-refractivity contribution is -0.138. The molecule has 0 aliphatic rings. The number of carboxylic acid groups (broad SMARTS) is 1. The van der Waals surface area contributed by atoms with Crippen molar-refractivity contribution in [1.29, 1.82) is 0 Å². The number of hydrogen-bond donors (Lipinski definition) is 1. The summed E-state index contributed by atoms with van der Waals surface area (Å²) in [5.41, 5.74) is 4.09. The average Bonchev–Trinajstić information content (AvgIpc) is 2.76. The zero-order valence-corrected chi connectivity index (χ0v) is 15.3. The van der Waals surface area contributed by atoms with Crippen molar-refractivity contribution >= 4 is 21.9 Å². The Morgan fingerprint density at radius 2 is 1.96 bits per heavy atom. The molecule has 6 heteroatoms. The molecule has 124 valence electrons. The molecule has 1 heterocycles. The molecule has 0 radical (unpaired) electrons. The highest BCUT2D eigenvalue weighted by atomic mass is 79.9. The second-order valence-electron chi connectivity index (χ2n) is 5.64. The fourth-order valence-corrected chi connectivity index (χ4v) is 2.95. The van der Waals surface area contributed by atoms with Gasteiger partial charge in [0.1, 0.15) is 0 Å². The van der Waals surface area contributed by atoms with E-state index in [1.54, 1.807) is 0 Å². The van der Waals surface area contributed by atoms with Gasteiger partial charge in [0.25, 0.3) is 0 Å². The summed E-state index contributed by atoms with van der Waals surface area (Å²) in [4.78, 5) is 13.0. The summed E-state index contributed by atoms with van der Waals surface area (Å²) in [5.74, 6) is -0.797. The monoisotopic (exact) mass is 379 g/mol. The topological polar surface area (TPSA) is 58.4 Å². The summed E-state index contributed by atoms with van der Waals surface area (Å²) in [7, 11) is 0. The van der Waals surface area contributed by atoms with Crippen LogP contribution in [0.15, 0.2) is 28.7 Å². The Morgan fingerprint density at radius 1 is 1.30 bits per heavy atom. The molecular weight excluding hydrogens is 358 g/mol. The fraction of sp³-hybridized carbons (Fsp3) is 0.412. The second-order valence-corrected chi connectivity index (χ2v) is 6.56. The molecule has 0 fully saturated rings. The van der Waals surface area contributed by atoms with Gasteiger partial charge >= 0.3 is 5.97 Å². The van der Waals surface area contributed by atoms with E-state index in [-0.39, 0.29) is 6.54 Å². The van der Waals surface area contributed by atoms with Crippen LogP contribution in [0.2, 0.25) is 0 Å². The maximum atomic E-state index is 11.0. The molecule has 2 aromatic rings. The zero-order chi connectivity index (χ0) is 17.0. The Morgan fingerprint density at radius 3 is 2.52 bits per heavy atom. The quantitative estimate of drug-likeness (QED) is 0.798. The number of rotatable bonds is 7. The van der Waals surface area contributed by atoms with Gasteiger partial charge < -0.3 is 5.11 Å². The molecule has 0 atom stereocenters. The van der Waals surface area contributed by atoms with Crippen LogP contribution >= 0.6 is 15.9 Å². The summed E-state index contributed by atoms with van der Waals surface area (Å²) >= 11 is 3.44. The largest absolute Gasteiger partial charge is 0.480 e. The number of hydrogen-bond acceptors (Lipinski definition) is 3. The SMILES string of the molecule is CCCN(CC(=O)O)Cc1c(C)nn(-c2ccc(Br)cc2)c1C. The first kappa shape index (κ1) is 17.7. The summed E-state index contributed by atoms with van der Waals surface area (Å²) in [6, 6.07) is 7.99. The van der Waals surface area contributed by atoms with E-state index in [2.05, 4.69) is 28.0 Å². The predicted molar refractivity (Wildman–Crippen MR) is 93.9 cm³/mol. The average molecular weight is 380 g/mol. The van der Waals surface area contributed by atoms with Gasteiger partial charge in [-0.25, -0.2) is 4.68 Å². The van der Waals surface area contributed by atoms with Crippen LogP contribution < -0.4 is 0 Å². The van der Waals surface area contributed by atoms with Crippen LogP contribution in [0, 0.1) is 13.8 Å². The molecule has 0 unspecified atom stereocenters. The second kappa shape index (κ2) is 7.75. The van der Waals surface area contributed by atoms with Gasteiger partial charge in [-0.05, 0) is 51.1 Å². The van der Waals surface area contributed by atoms with Crippen molar-refractivity contribution in [2.45, 2.75) is 33.7 Å². The van der Waals surface area contributed by atoms with E-state index in [0.717, 1.165) is 40.1 Å². The summed E-state index contributed by atoms with van der Waals surface area (Å²) in [5, 5.41) is 13.7. The van der Waals surface area contributed by atoms with E-state index >= 15 is 0 Å². The van der Waals surface area contributed by atoms with Gasteiger partial charge in [-0.2, -0.15) is 5.10 Å². The highest BCUT2D eigenvalue weighted by Crippen LogP contribution is 2.21. The van der Waals surface area contributed by atoms with Gasteiger partial charge in [-0.1, -0.05) is 22.9 Å². The molecule has 0 spiro atoms. The van der Waals surface area contributed by atoms with Crippen LogP contribution in [0.3, 0.4) is 0 Å². The lowest BCUT2D eigenvalue weighted by Crippen LogP contribution is -2.30. The molecular formula is C17H22BrN3O2. The smallest absolute Gasteiger partial charge is 0.317 e. The van der Waals surface area contributed by atoms with Gasteiger partial charge in [-0.15, -0.1) is 0 Å². The zero-order valence-electron chi connectivity index (χ0n) is 13.7. The van der Waals surface area contributed by atoms with Crippen LogP contribution in [0.4, 0.5) is 0 Å². The molecule has 1 aromatic carbocycles. The van der Waals surface area contributed by atoms with E-state index in [1.165, 1.54) is 0 Å². The molecule has 0 saturated heterocycles. The molecule has 23 heavy (non-hydrogen) atoms. The number of carboxylic acids is 1. The Balaban J connectivity index is 2.29. The van der Waals surface area contributed by atoms with Crippen LogP contribution in [-0.4, -0.2) is 38.8 Å². The summed E-state index contributed by atoms with van der Waals surface area (Å²) in [6.07, 6.45) is 0.923. The van der Waals surface area contributed by atoms with E-state index < -0.39 is 5.97 Å². The van der Waals surface area contributed by atoms with E-state index in [0.29, 0.717) is 6.54 Å². The van der Waals surface area contributed by atoms with Crippen LogP contribution in [0.25, 0.3) is 5.69 Å². The molecule has 0 saturated carbocycles. The van der Waals surface area contributed by atoms with Gasteiger partial charge in [0, 0.05) is 22.3 Å². The Hall–Kier alpha value is -1.66. The van der Waals surface area contributed by atoms with Crippen LogP contribution in [0.5, 0.6) is 0 Å². The van der Waals surface area contributed by atoms with E-state index in [4.69, 9.17) is 5.11 Å². The van der Waals surface area contributed by atoms with Crippen molar-refractivity contribution in [1.82, 2.24) is 14.7 Å². The number of aryl methyl sites for hydroxylation is 1. The molecule has 1 N–H and O–H groups in total. The van der Waals surface area contributed by atoms with Crippen LogP contribution in [-0.2, 0) is 11.3 Å². The van der Waals surface area contributed by atoms with E-state index in [9.17, 15) is 4.79 Å². The van der Waals surface area contributed by atoms with Gasteiger partial charge in [0.05, 0.1) is 17.9 Å². The minimum Gasteiger partial charge on any atom is -0.480 e. The predicted octanol–water partition coefficient (Wildman–Crippen LogP) is 3.55. The number of aromatic nitrogens is 2. The van der Waals surface area contributed by atoms with Crippen molar-refractivity contribution in [2.75, 3.05) is 13.1 Å². The highest BCUT2D eigenvalue weighted by molar-refractivity contribution is 9.10. The summed E-state index contributed by atoms with van der Waals surface area (Å²) < 4.78 is 2.95. The number of benzene rings is 1. The normalized spacial score (nSPS) is 11.2. The number of halogens is 1. The molecule has 0 aliphatic carbocycles. The number of aliphatic carboxylic acids is 1. The standard InChI is InChI=1S/C17H22BrN3O2/c1-4-9-20(11-17(22)23)10-16-12(2)19-21(13(16)3)15-7-5-14(18)6-8-15/h5-8H,4,9-11H2,1-3H3,(H,22,23). The Labute approximate surface area is 145 Å². The first-order valence-electron chi connectivity index (χ1n) is 7.67. The first-order valence-corrected chi connectivity index (χ1v) is 8.46. The lowest BCUT2D eigenvalue weighted by atomic mass is 10.1. The maximum Gasteiger partial charge on any atom is 0.317 e. The van der Waals surface area contributed by atoms with Crippen molar-refractivity contribution in [3.8, 4) is 5.69 Å². The van der Waals surface area contributed by atoms with Gasteiger partial charge in [0.15, 0.2) is 0 Å². The molecule has 0 amide bonds. The Bertz CT molecular complexity index is 680.